The molecule has 3 aliphatic rings. The lowest BCUT2D eigenvalue weighted by Crippen LogP contribution is -2.55. The van der Waals surface area contributed by atoms with Gasteiger partial charge in [0.25, 0.3) is 11.9 Å². The second-order valence-corrected chi connectivity index (χ2v) is 8.04. The maximum absolute atomic E-state index is 13.4. The van der Waals surface area contributed by atoms with Crippen LogP contribution in [0.4, 0.5) is 5.69 Å². The van der Waals surface area contributed by atoms with Crippen molar-refractivity contribution in [1.29, 1.82) is 0 Å². The summed E-state index contributed by atoms with van der Waals surface area (Å²) in [6.45, 7) is 0.632. The first-order chi connectivity index (χ1) is 14.5. The second kappa shape index (κ2) is 6.63. The summed E-state index contributed by atoms with van der Waals surface area (Å²) in [6, 6.07) is 12.8. The lowest BCUT2D eigenvalue weighted by molar-refractivity contribution is -0.534. The first kappa shape index (κ1) is 18.7. The number of benzene rings is 2. The quantitative estimate of drug-likeness (QED) is 0.477. The Morgan fingerprint density at radius 2 is 1.97 bits per heavy atom. The van der Waals surface area contributed by atoms with E-state index in [1.54, 1.807) is 30.3 Å². The van der Waals surface area contributed by atoms with Gasteiger partial charge in [-0.1, -0.05) is 30.3 Å². The van der Waals surface area contributed by atoms with Gasteiger partial charge >= 0.3 is 5.97 Å². The monoisotopic (exact) mass is 407 g/mol. The van der Waals surface area contributed by atoms with Crippen LogP contribution in [0.5, 0.6) is 0 Å². The highest BCUT2D eigenvalue weighted by Gasteiger charge is 2.73. The van der Waals surface area contributed by atoms with Crippen LogP contribution in [0, 0.1) is 10.1 Å². The molecule has 0 radical (unpaired) electrons. The maximum atomic E-state index is 13.4. The van der Waals surface area contributed by atoms with E-state index in [0.717, 1.165) is 18.4 Å². The van der Waals surface area contributed by atoms with E-state index in [9.17, 15) is 19.7 Å². The number of carbonyl (C=O) groups excluding carboxylic acids is 2. The largest absolute Gasteiger partial charge is 0.465 e. The third-order valence-electron chi connectivity index (χ3n) is 6.81. The molecule has 154 valence electrons. The zero-order valence-corrected chi connectivity index (χ0v) is 16.4. The molecule has 8 nitrogen and oxygen atoms in total. The highest BCUT2D eigenvalue weighted by atomic mass is 16.6. The van der Waals surface area contributed by atoms with Gasteiger partial charge in [-0.3, -0.25) is 19.8 Å². The van der Waals surface area contributed by atoms with E-state index in [4.69, 9.17) is 4.74 Å². The second-order valence-electron chi connectivity index (χ2n) is 8.04. The van der Waals surface area contributed by atoms with Crippen molar-refractivity contribution in [2.45, 2.75) is 36.4 Å². The number of hydrogen-bond acceptors (Lipinski definition) is 6. The standard InChI is InChI=1S/C22H21N3O5/c1-30-20(26)14-10-8-13(9-11-14)18-17-7-4-12-24(17)22(19(18)25(28)29)15-5-2-3-6-16(15)23-21(22)27/h2-3,5-6,8-11,17-19H,4,7,12H2,1H3,(H,23,27)/t17-,18+,19-,22-/m0/s1. The number of methoxy groups -OCH3 is 1. The van der Waals surface area contributed by atoms with Crippen molar-refractivity contribution in [3.63, 3.8) is 0 Å². The molecule has 3 heterocycles. The molecular weight excluding hydrogens is 386 g/mol. The van der Waals surface area contributed by atoms with Crippen LogP contribution in [0.3, 0.4) is 0 Å². The fraction of sp³-hybridized carbons (Fsp3) is 0.364. The average molecular weight is 407 g/mol. The van der Waals surface area contributed by atoms with Gasteiger partial charge in [0.2, 0.25) is 0 Å². The SMILES string of the molecule is COC(=O)c1ccc([C@H]2[C@H]([N+](=O)[O-])[C@@]3(C(=O)Nc4ccccc43)N3CCC[C@@H]23)cc1. The van der Waals surface area contributed by atoms with Crippen LogP contribution in [-0.2, 0) is 15.1 Å². The molecule has 1 amide bonds. The number of amides is 1. The van der Waals surface area contributed by atoms with Gasteiger partial charge in [-0.2, -0.15) is 0 Å². The lowest BCUT2D eigenvalue weighted by Gasteiger charge is -2.32. The van der Waals surface area contributed by atoms with Gasteiger partial charge in [0.1, 0.15) is 0 Å². The minimum Gasteiger partial charge on any atom is -0.465 e. The van der Waals surface area contributed by atoms with E-state index in [1.807, 2.05) is 23.1 Å². The number of para-hydroxylation sites is 1. The summed E-state index contributed by atoms with van der Waals surface area (Å²) in [5, 5.41) is 15.4. The Kier molecular flexibility index (Phi) is 4.14. The predicted molar refractivity (Wildman–Crippen MR) is 108 cm³/mol. The number of nitro groups is 1. The highest BCUT2D eigenvalue weighted by Crippen LogP contribution is 2.57. The van der Waals surface area contributed by atoms with Crippen LogP contribution in [0.1, 0.15) is 40.2 Å². The fourth-order valence-corrected chi connectivity index (χ4v) is 5.73. The summed E-state index contributed by atoms with van der Waals surface area (Å²) >= 11 is 0. The van der Waals surface area contributed by atoms with Crippen molar-refractivity contribution in [2.75, 3.05) is 19.0 Å². The fourth-order valence-electron chi connectivity index (χ4n) is 5.73. The minimum absolute atomic E-state index is 0.124. The third-order valence-corrected chi connectivity index (χ3v) is 6.81. The van der Waals surface area contributed by atoms with Crippen molar-refractivity contribution in [1.82, 2.24) is 4.90 Å². The number of rotatable bonds is 3. The molecule has 2 fully saturated rings. The summed E-state index contributed by atoms with van der Waals surface area (Å²) in [4.78, 5) is 39.4. The zero-order valence-electron chi connectivity index (χ0n) is 16.4. The highest BCUT2D eigenvalue weighted by molar-refractivity contribution is 6.07. The van der Waals surface area contributed by atoms with Crippen LogP contribution in [0.2, 0.25) is 0 Å². The Hall–Kier alpha value is -3.26. The molecule has 0 aromatic heterocycles. The molecule has 4 atom stereocenters. The van der Waals surface area contributed by atoms with E-state index in [0.29, 0.717) is 23.4 Å². The van der Waals surface area contributed by atoms with Gasteiger partial charge in [-0.15, -0.1) is 0 Å². The molecule has 2 aromatic carbocycles. The van der Waals surface area contributed by atoms with Gasteiger partial charge in [0, 0.05) is 28.8 Å². The normalized spacial score (nSPS) is 29.5. The first-order valence-electron chi connectivity index (χ1n) is 9.99. The molecule has 0 saturated carbocycles. The maximum Gasteiger partial charge on any atom is 0.337 e. The number of fused-ring (bicyclic) bond motifs is 4. The van der Waals surface area contributed by atoms with Gasteiger partial charge in [-0.05, 0) is 36.6 Å². The van der Waals surface area contributed by atoms with Crippen LogP contribution in [0.25, 0.3) is 0 Å². The van der Waals surface area contributed by atoms with Crippen LogP contribution in [-0.4, -0.2) is 47.4 Å². The number of carbonyl (C=O) groups is 2. The number of nitrogens with zero attached hydrogens (tertiary/aromatic N) is 2. The Bertz CT molecular complexity index is 1050. The van der Waals surface area contributed by atoms with Gasteiger partial charge in [0.05, 0.1) is 18.6 Å². The van der Waals surface area contributed by atoms with E-state index < -0.39 is 23.5 Å². The summed E-state index contributed by atoms with van der Waals surface area (Å²) < 4.78 is 4.75. The van der Waals surface area contributed by atoms with E-state index in [-0.39, 0.29) is 16.9 Å². The minimum atomic E-state index is -1.33. The molecule has 0 unspecified atom stereocenters. The van der Waals surface area contributed by atoms with Crippen molar-refractivity contribution in [3.8, 4) is 0 Å². The van der Waals surface area contributed by atoms with Crippen LogP contribution in [0.15, 0.2) is 48.5 Å². The summed E-state index contributed by atoms with van der Waals surface area (Å²) in [6.07, 6.45) is 1.66. The summed E-state index contributed by atoms with van der Waals surface area (Å²) in [5.41, 5.74) is 1.14. The average Bonchev–Trinajstić information content (AvgIpc) is 3.41. The topological polar surface area (TPSA) is 102 Å². The van der Waals surface area contributed by atoms with Gasteiger partial charge in [-0.25, -0.2) is 4.79 Å². The van der Waals surface area contributed by atoms with Crippen molar-refractivity contribution >= 4 is 17.6 Å². The molecule has 2 saturated heterocycles. The number of esters is 1. The van der Waals surface area contributed by atoms with Gasteiger partial charge < -0.3 is 10.1 Å². The Labute approximate surface area is 173 Å². The number of nitrogens with one attached hydrogen (secondary N) is 1. The van der Waals surface area contributed by atoms with E-state index in [2.05, 4.69) is 5.32 Å². The molecule has 5 rings (SSSR count). The number of hydrogen-bond donors (Lipinski definition) is 1. The van der Waals surface area contributed by atoms with Crippen molar-refractivity contribution in [2.24, 2.45) is 0 Å². The molecule has 0 aliphatic carbocycles. The molecule has 0 bridgehead atoms. The lowest BCUT2D eigenvalue weighted by atomic mass is 9.77. The van der Waals surface area contributed by atoms with Gasteiger partial charge in [0.15, 0.2) is 5.54 Å². The third kappa shape index (κ3) is 2.31. The predicted octanol–water partition coefficient (Wildman–Crippen LogP) is 2.53. The molecule has 1 N–H and O–H groups in total. The zero-order chi connectivity index (χ0) is 21.0. The molecule has 1 spiro atoms. The molecule has 2 aromatic rings. The number of anilines is 1. The number of ether oxygens (including phenoxy) is 1. The van der Waals surface area contributed by atoms with E-state index >= 15 is 0 Å². The molecule has 8 heteroatoms. The Morgan fingerprint density at radius 1 is 1.23 bits per heavy atom. The van der Waals surface area contributed by atoms with Crippen LogP contribution >= 0.6 is 0 Å². The summed E-state index contributed by atoms with van der Waals surface area (Å²) in [5.74, 6) is -1.25. The smallest absolute Gasteiger partial charge is 0.337 e. The summed E-state index contributed by atoms with van der Waals surface area (Å²) in [7, 11) is 1.31. The Morgan fingerprint density at radius 3 is 2.67 bits per heavy atom. The van der Waals surface area contributed by atoms with E-state index in [1.165, 1.54) is 7.11 Å². The first-order valence-corrected chi connectivity index (χ1v) is 9.99. The molecule has 3 aliphatic heterocycles. The Balaban J connectivity index is 1.68. The van der Waals surface area contributed by atoms with Crippen LogP contribution < -0.4 is 5.32 Å². The van der Waals surface area contributed by atoms with Crippen molar-refractivity contribution in [3.05, 3.63) is 75.3 Å². The molecular formula is C22H21N3O5. The van der Waals surface area contributed by atoms with Crippen molar-refractivity contribution < 1.29 is 19.2 Å². The molecule has 30 heavy (non-hydrogen) atoms.